The predicted octanol–water partition coefficient (Wildman–Crippen LogP) is 4.09. The smallest absolute Gasteiger partial charge is 0.255 e. The molecule has 1 atom stereocenters. The first-order valence-electron chi connectivity index (χ1n) is 10.3. The van der Waals surface area contributed by atoms with Gasteiger partial charge in [-0.3, -0.25) is 9.59 Å². The van der Waals surface area contributed by atoms with Gasteiger partial charge in [-0.05, 0) is 37.0 Å². The average Bonchev–Trinajstić information content (AvgIpc) is 2.73. The van der Waals surface area contributed by atoms with Crippen LogP contribution in [0, 0.1) is 0 Å². The second kappa shape index (κ2) is 7.78. The largest absolute Gasteiger partial charge is 0.350 e. The van der Waals surface area contributed by atoms with Crippen molar-refractivity contribution in [1.29, 1.82) is 0 Å². The molecule has 1 N–H and O–H groups in total. The van der Waals surface area contributed by atoms with Crippen LogP contribution in [0.1, 0.15) is 60.5 Å². The maximum Gasteiger partial charge on any atom is 0.255 e. The number of carbonyl (C=O) groups excluding carboxylic acids is 2. The lowest BCUT2D eigenvalue weighted by molar-refractivity contribution is -0.133. The second-order valence-corrected chi connectivity index (χ2v) is 8.24. The number of nitrogens with zero attached hydrogens (tertiary/aromatic N) is 1. The summed E-state index contributed by atoms with van der Waals surface area (Å²) in [6, 6.07) is 17.8. The molecule has 4 rings (SSSR count). The van der Waals surface area contributed by atoms with Gasteiger partial charge in [0.05, 0.1) is 0 Å². The highest BCUT2D eigenvalue weighted by molar-refractivity contribution is 6.02. The first-order chi connectivity index (χ1) is 13.6. The molecule has 2 aromatic rings. The topological polar surface area (TPSA) is 49.4 Å². The molecule has 2 amide bonds. The Balaban J connectivity index is 1.64. The van der Waals surface area contributed by atoms with E-state index in [1.54, 1.807) is 0 Å². The van der Waals surface area contributed by atoms with Crippen molar-refractivity contribution in [2.75, 3.05) is 0 Å². The van der Waals surface area contributed by atoms with Crippen molar-refractivity contribution in [2.45, 2.75) is 63.6 Å². The first-order valence-corrected chi connectivity index (χ1v) is 10.3. The minimum Gasteiger partial charge on any atom is -0.350 e. The molecular weight excluding hydrogens is 348 g/mol. The normalized spacial score (nSPS) is 22.6. The van der Waals surface area contributed by atoms with Gasteiger partial charge in [-0.1, -0.05) is 67.8 Å². The highest BCUT2D eigenvalue weighted by Gasteiger charge is 2.49. The van der Waals surface area contributed by atoms with Gasteiger partial charge in [0.1, 0.15) is 5.54 Å². The minimum atomic E-state index is -0.859. The van der Waals surface area contributed by atoms with Crippen LogP contribution in [0.2, 0.25) is 0 Å². The van der Waals surface area contributed by atoms with Gasteiger partial charge in [-0.15, -0.1) is 0 Å². The average molecular weight is 377 g/mol. The minimum absolute atomic E-state index is 0.00566. The van der Waals surface area contributed by atoms with Crippen molar-refractivity contribution >= 4 is 11.8 Å². The third kappa shape index (κ3) is 3.44. The van der Waals surface area contributed by atoms with E-state index in [1.165, 1.54) is 6.42 Å². The van der Waals surface area contributed by atoms with E-state index in [-0.39, 0.29) is 17.9 Å². The van der Waals surface area contributed by atoms with Gasteiger partial charge in [0.15, 0.2) is 0 Å². The Bertz CT molecular complexity index is 858. The predicted molar refractivity (Wildman–Crippen MR) is 110 cm³/mol. The Morgan fingerprint density at radius 3 is 2.46 bits per heavy atom. The first kappa shape index (κ1) is 18.7. The summed E-state index contributed by atoms with van der Waals surface area (Å²) in [7, 11) is 0. The van der Waals surface area contributed by atoms with Gasteiger partial charge in [0.2, 0.25) is 5.91 Å². The number of rotatable bonds is 4. The van der Waals surface area contributed by atoms with E-state index in [2.05, 4.69) is 5.32 Å². The van der Waals surface area contributed by atoms with Crippen molar-refractivity contribution in [3.8, 4) is 0 Å². The Labute approximate surface area is 166 Å². The molecule has 0 aromatic heterocycles. The molecule has 146 valence electrons. The second-order valence-electron chi connectivity index (χ2n) is 8.24. The summed E-state index contributed by atoms with van der Waals surface area (Å²) in [5, 5.41) is 3.10. The molecule has 0 saturated heterocycles. The molecule has 0 spiro atoms. The molecule has 1 saturated carbocycles. The van der Waals surface area contributed by atoms with Crippen molar-refractivity contribution in [1.82, 2.24) is 10.2 Å². The quantitative estimate of drug-likeness (QED) is 0.874. The molecule has 4 nitrogen and oxygen atoms in total. The maximum absolute atomic E-state index is 13.5. The molecule has 2 aliphatic rings. The summed E-state index contributed by atoms with van der Waals surface area (Å²) in [6.07, 6.45) is 5.98. The molecule has 28 heavy (non-hydrogen) atoms. The molecule has 0 radical (unpaired) electrons. The van der Waals surface area contributed by atoms with E-state index in [0.717, 1.165) is 42.4 Å². The zero-order valence-corrected chi connectivity index (χ0v) is 16.5. The van der Waals surface area contributed by atoms with Gasteiger partial charge in [0.25, 0.3) is 5.91 Å². The number of benzene rings is 2. The standard InChI is InChI=1S/C24H28N2O2/c1-24(23(28)25-17-18-10-4-2-5-11-18)16-19-12-8-9-15-21(19)22(27)26(24)20-13-6-3-7-14-20/h2,4-5,8-12,15,20H,3,6-7,13-14,16-17H2,1H3,(H,25,28). The van der Waals surface area contributed by atoms with Gasteiger partial charge < -0.3 is 10.2 Å². The summed E-state index contributed by atoms with van der Waals surface area (Å²) in [5.41, 5.74) is 1.92. The van der Waals surface area contributed by atoms with Gasteiger partial charge in [-0.25, -0.2) is 0 Å². The van der Waals surface area contributed by atoms with Crippen molar-refractivity contribution in [2.24, 2.45) is 0 Å². The zero-order valence-electron chi connectivity index (χ0n) is 16.5. The number of carbonyl (C=O) groups is 2. The van der Waals surface area contributed by atoms with Crippen molar-refractivity contribution in [3.05, 3.63) is 71.3 Å². The van der Waals surface area contributed by atoms with Crippen LogP contribution >= 0.6 is 0 Å². The molecule has 1 fully saturated rings. The zero-order chi connectivity index (χ0) is 19.6. The Hall–Kier alpha value is -2.62. The van der Waals surface area contributed by atoms with Crippen LogP contribution < -0.4 is 5.32 Å². The van der Waals surface area contributed by atoms with Crippen LogP contribution in [0.4, 0.5) is 0 Å². The Morgan fingerprint density at radius 1 is 1.04 bits per heavy atom. The summed E-state index contributed by atoms with van der Waals surface area (Å²) < 4.78 is 0. The number of fused-ring (bicyclic) bond motifs is 1. The third-order valence-electron chi connectivity index (χ3n) is 6.26. The van der Waals surface area contributed by atoms with Crippen LogP contribution in [0.25, 0.3) is 0 Å². The number of nitrogens with one attached hydrogen (secondary N) is 1. The van der Waals surface area contributed by atoms with Crippen LogP contribution in [0.5, 0.6) is 0 Å². The van der Waals surface area contributed by atoms with E-state index in [0.29, 0.717) is 13.0 Å². The third-order valence-corrected chi connectivity index (χ3v) is 6.26. The lowest BCUT2D eigenvalue weighted by Gasteiger charge is -2.49. The van der Waals surface area contributed by atoms with Crippen molar-refractivity contribution < 1.29 is 9.59 Å². The fraction of sp³-hybridized carbons (Fsp3) is 0.417. The lowest BCUT2D eigenvalue weighted by atomic mass is 9.79. The SMILES string of the molecule is CC1(C(=O)NCc2ccccc2)Cc2ccccc2C(=O)N1C1CCCCC1. The van der Waals surface area contributed by atoms with Crippen molar-refractivity contribution in [3.63, 3.8) is 0 Å². The summed E-state index contributed by atoms with van der Waals surface area (Å²) >= 11 is 0. The summed E-state index contributed by atoms with van der Waals surface area (Å²) in [5.74, 6) is -0.0594. The van der Waals surface area contributed by atoms with Crippen LogP contribution in [-0.4, -0.2) is 28.3 Å². The van der Waals surface area contributed by atoms with E-state index < -0.39 is 5.54 Å². The van der Waals surface area contributed by atoms with E-state index in [1.807, 2.05) is 66.4 Å². The number of hydrogen-bond donors (Lipinski definition) is 1. The Morgan fingerprint density at radius 2 is 1.71 bits per heavy atom. The fourth-order valence-corrected chi connectivity index (χ4v) is 4.76. The molecule has 1 aliphatic carbocycles. The highest BCUT2D eigenvalue weighted by Crippen LogP contribution is 2.37. The summed E-state index contributed by atoms with van der Waals surface area (Å²) in [6.45, 7) is 2.42. The maximum atomic E-state index is 13.5. The van der Waals surface area contributed by atoms with Crippen LogP contribution in [-0.2, 0) is 17.8 Å². The van der Waals surface area contributed by atoms with Gasteiger partial charge in [-0.2, -0.15) is 0 Å². The van der Waals surface area contributed by atoms with E-state index in [4.69, 9.17) is 0 Å². The van der Waals surface area contributed by atoms with E-state index in [9.17, 15) is 9.59 Å². The Kier molecular flexibility index (Phi) is 5.21. The van der Waals surface area contributed by atoms with Crippen LogP contribution in [0.15, 0.2) is 54.6 Å². The lowest BCUT2D eigenvalue weighted by Crippen LogP contribution is -2.65. The molecule has 2 aromatic carbocycles. The van der Waals surface area contributed by atoms with Gasteiger partial charge >= 0.3 is 0 Å². The molecule has 1 heterocycles. The monoisotopic (exact) mass is 376 g/mol. The number of amides is 2. The van der Waals surface area contributed by atoms with E-state index >= 15 is 0 Å². The van der Waals surface area contributed by atoms with Crippen LogP contribution in [0.3, 0.4) is 0 Å². The molecule has 0 bridgehead atoms. The molecule has 1 unspecified atom stereocenters. The highest BCUT2D eigenvalue weighted by atomic mass is 16.2. The number of hydrogen-bond acceptors (Lipinski definition) is 2. The van der Waals surface area contributed by atoms with Gasteiger partial charge in [0, 0.05) is 24.6 Å². The molecule has 4 heteroatoms. The molecule has 1 aliphatic heterocycles. The fourth-order valence-electron chi connectivity index (χ4n) is 4.76. The molecular formula is C24H28N2O2. The summed E-state index contributed by atoms with van der Waals surface area (Å²) in [4.78, 5) is 28.8.